The largest absolute Gasteiger partial charge is 0.369 e. The molecule has 1 saturated heterocycles. The molecule has 1 aromatic heterocycles. The average molecular weight is 373 g/mol. The van der Waals surface area contributed by atoms with Crippen LogP contribution in [0, 0.1) is 6.92 Å². The van der Waals surface area contributed by atoms with E-state index in [1.165, 1.54) is 5.56 Å². The van der Waals surface area contributed by atoms with Gasteiger partial charge in [0, 0.05) is 18.4 Å². The Bertz CT molecular complexity index is 942. The molecule has 1 aliphatic rings. The van der Waals surface area contributed by atoms with Gasteiger partial charge in [-0.05, 0) is 36.2 Å². The van der Waals surface area contributed by atoms with Crippen molar-refractivity contribution >= 4 is 17.3 Å². The van der Waals surface area contributed by atoms with Gasteiger partial charge in [0.15, 0.2) is 0 Å². The normalized spacial score (nSPS) is 16.8. The van der Waals surface area contributed by atoms with Gasteiger partial charge >= 0.3 is 0 Å². The molecular formula is C23H23N3O2. The molecule has 2 aromatic carbocycles. The van der Waals surface area contributed by atoms with Crippen molar-refractivity contribution in [1.29, 1.82) is 0 Å². The Morgan fingerprint density at radius 2 is 1.86 bits per heavy atom. The minimum absolute atomic E-state index is 0.00162. The molecule has 4 rings (SSSR count). The lowest BCUT2D eigenvalue weighted by Gasteiger charge is -2.36. The third kappa shape index (κ3) is 4.21. The summed E-state index contributed by atoms with van der Waals surface area (Å²) in [6, 6.07) is 20.1. The van der Waals surface area contributed by atoms with Gasteiger partial charge in [-0.3, -0.25) is 9.78 Å². The van der Waals surface area contributed by atoms with Crippen molar-refractivity contribution in [2.24, 2.45) is 0 Å². The van der Waals surface area contributed by atoms with Crippen LogP contribution in [-0.2, 0) is 16.1 Å². The lowest BCUT2D eigenvalue weighted by atomic mass is 10.0. The van der Waals surface area contributed by atoms with Gasteiger partial charge < -0.3 is 15.0 Å². The van der Waals surface area contributed by atoms with E-state index in [1.54, 1.807) is 6.20 Å². The fraction of sp³-hybridized carbons (Fsp3) is 0.217. The van der Waals surface area contributed by atoms with Crippen LogP contribution >= 0.6 is 0 Å². The molecular weight excluding hydrogens is 350 g/mol. The van der Waals surface area contributed by atoms with Gasteiger partial charge in [-0.1, -0.05) is 48.0 Å². The Balaban J connectivity index is 1.57. The first-order valence-electron chi connectivity index (χ1n) is 9.39. The molecule has 2 heterocycles. The summed E-state index contributed by atoms with van der Waals surface area (Å²) >= 11 is 0. The van der Waals surface area contributed by atoms with E-state index in [0.29, 0.717) is 13.2 Å². The number of carbonyl (C=O) groups is 1. The lowest BCUT2D eigenvalue weighted by molar-refractivity contribution is -0.149. The second-order valence-electron chi connectivity index (χ2n) is 7.04. The molecule has 1 unspecified atom stereocenters. The first kappa shape index (κ1) is 18.2. The van der Waals surface area contributed by atoms with Crippen molar-refractivity contribution < 1.29 is 9.53 Å². The van der Waals surface area contributed by atoms with Gasteiger partial charge in [0.05, 0.1) is 24.5 Å². The molecule has 28 heavy (non-hydrogen) atoms. The van der Waals surface area contributed by atoms with Crippen LogP contribution in [0.4, 0.5) is 11.4 Å². The predicted octanol–water partition coefficient (Wildman–Crippen LogP) is 4.23. The van der Waals surface area contributed by atoms with E-state index < -0.39 is 0 Å². The second-order valence-corrected chi connectivity index (χ2v) is 7.04. The number of morpholine rings is 1. The van der Waals surface area contributed by atoms with Crippen molar-refractivity contribution in [2.75, 3.05) is 18.5 Å². The van der Waals surface area contributed by atoms with E-state index in [-0.39, 0.29) is 18.6 Å². The lowest BCUT2D eigenvalue weighted by Crippen LogP contribution is -2.43. The van der Waals surface area contributed by atoms with Gasteiger partial charge in [0.25, 0.3) is 0 Å². The summed E-state index contributed by atoms with van der Waals surface area (Å²) in [5.74, 6) is -0.00162. The molecule has 5 nitrogen and oxygen atoms in total. The molecule has 1 atom stereocenters. The first-order chi connectivity index (χ1) is 13.7. The zero-order valence-corrected chi connectivity index (χ0v) is 15.8. The first-order valence-corrected chi connectivity index (χ1v) is 9.39. The second kappa shape index (κ2) is 8.23. The number of carbonyl (C=O) groups excluding carboxylic acids is 1. The summed E-state index contributed by atoms with van der Waals surface area (Å²) in [5.41, 5.74) is 5.15. The third-order valence-electron chi connectivity index (χ3n) is 4.88. The van der Waals surface area contributed by atoms with Crippen molar-refractivity contribution in [3.8, 4) is 0 Å². The number of pyridine rings is 1. The number of nitrogens with zero attached hydrogens (tertiary/aromatic N) is 2. The highest BCUT2D eigenvalue weighted by Gasteiger charge is 2.30. The topological polar surface area (TPSA) is 54.5 Å². The molecule has 0 radical (unpaired) electrons. The number of para-hydroxylation sites is 1. The molecule has 0 saturated carbocycles. The number of amides is 1. The van der Waals surface area contributed by atoms with Crippen LogP contribution in [-0.4, -0.2) is 29.0 Å². The highest BCUT2D eigenvalue weighted by Crippen LogP contribution is 2.28. The summed E-state index contributed by atoms with van der Waals surface area (Å²) in [5, 5.41) is 3.36. The molecule has 1 fully saturated rings. The number of hydrogen-bond donors (Lipinski definition) is 1. The number of hydrogen-bond acceptors (Lipinski definition) is 4. The standard InChI is InChI=1S/C23H23N3O2/c1-17-7-9-18(10-8-17)14-26-22(15-28-16-23(26)27)19-11-21(13-24-12-19)25-20-5-3-2-4-6-20/h2-13,22,25H,14-16H2,1H3. The van der Waals surface area contributed by atoms with Gasteiger partial charge in [-0.15, -0.1) is 0 Å². The van der Waals surface area contributed by atoms with Crippen LogP contribution in [0.25, 0.3) is 0 Å². The summed E-state index contributed by atoms with van der Waals surface area (Å²) in [6.45, 7) is 3.21. The van der Waals surface area contributed by atoms with Crippen molar-refractivity contribution in [2.45, 2.75) is 19.5 Å². The molecule has 1 aliphatic heterocycles. The molecule has 1 amide bonds. The number of aryl methyl sites for hydroxylation is 1. The fourth-order valence-electron chi connectivity index (χ4n) is 3.37. The van der Waals surface area contributed by atoms with E-state index in [0.717, 1.165) is 22.5 Å². The van der Waals surface area contributed by atoms with Crippen LogP contribution in [0.3, 0.4) is 0 Å². The number of aromatic nitrogens is 1. The zero-order chi connectivity index (χ0) is 19.3. The number of nitrogens with one attached hydrogen (secondary N) is 1. The minimum Gasteiger partial charge on any atom is -0.369 e. The van der Waals surface area contributed by atoms with Crippen LogP contribution in [0.2, 0.25) is 0 Å². The van der Waals surface area contributed by atoms with E-state index >= 15 is 0 Å². The number of anilines is 2. The average Bonchev–Trinajstić information content (AvgIpc) is 2.72. The summed E-state index contributed by atoms with van der Waals surface area (Å²) in [6.07, 6.45) is 3.59. The van der Waals surface area contributed by atoms with Crippen molar-refractivity contribution in [1.82, 2.24) is 9.88 Å². The SMILES string of the molecule is Cc1ccc(CN2C(=O)COCC2c2cncc(Nc3ccccc3)c2)cc1. The van der Waals surface area contributed by atoms with Crippen LogP contribution in [0.1, 0.15) is 22.7 Å². The maximum atomic E-state index is 12.6. The predicted molar refractivity (Wildman–Crippen MR) is 109 cm³/mol. The Hall–Kier alpha value is -3.18. The summed E-state index contributed by atoms with van der Waals surface area (Å²) in [4.78, 5) is 18.9. The molecule has 5 heteroatoms. The summed E-state index contributed by atoms with van der Waals surface area (Å²) in [7, 11) is 0. The van der Waals surface area contributed by atoms with E-state index in [9.17, 15) is 4.79 Å². The Kier molecular flexibility index (Phi) is 5.35. The van der Waals surface area contributed by atoms with Gasteiger partial charge in [-0.2, -0.15) is 0 Å². The van der Waals surface area contributed by atoms with Gasteiger partial charge in [-0.25, -0.2) is 0 Å². The molecule has 3 aromatic rings. The number of ether oxygens (including phenoxy) is 1. The quantitative estimate of drug-likeness (QED) is 0.727. The fourth-order valence-corrected chi connectivity index (χ4v) is 3.37. The molecule has 1 N–H and O–H groups in total. The van der Waals surface area contributed by atoms with Crippen molar-refractivity contribution in [3.63, 3.8) is 0 Å². The molecule has 0 bridgehead atoms. The number of benzene rings is 2. The maximum Gasteiger partial charge on any atom is 0.249 e. The van der Waals surface area contributed by atoms with Gasteiger partial charge in [0.1, 0.15) is 6.61 Å². The maximum absolute atomic E-state index is 12.6. The van der Waals surface area contributed by atoms with Crippen LogP contribution in [0.15, 0.2) is 73.1 Å². The minimum atomic E-state index is -0.160. The summed E-state index contributed by atoms with van der Waals surface area (Å²) < 4.78 is 5.55. The van der Waals surface area contributed by atoms with E-state index in [2.05, 4.69) is 41.5 Å². The zero-order valence-electron chi connectivity index (χ0n) is 15.8. The molecule has 142 valence electrons. The monoisotopic (exact) mass is 373 g/mol. The van der Waals surface area contributed by atoms with E-state index in [1.807, 2.05) is 47.5 Å². The number of rotatable bonds is 5. The Morgan fingerprint density at radius 3 is 2.64 bits per heavy atom. The van der Waals surface area contributed by atoms with E-state index in [4.69, 9.17) is 4.74 Å². The van der Waals surface area contributed by atoms with Crippen LogP contribution < -0.4 is 5.32 Å². The molecule has 0 spiro atoms. The molecule has 0 aliphatic carbocycles. The van der Waals surface area contributed by atoms with Crippen molar-refractivity contribution in [3.05, 3.63) is 89.7 Å². The third-order valence-corrected chi connectivity index (χ3v) is 4.88. The Morgan fingerprint density at radius 1 is 1.07 bits per heavy atom. The van der Waals surface area contributed by atoms with Crippen LogP contribution in [0.5, 0.6) is 0 Å². The highest BCUT2D eigenvalue weighted by atomic mass is 16.5. The highest BCUT2D eigenvalue weighted by molar-refractivity contribution is 5.78. The Labute approximate surface area is 165 Å². The van der Waals surface area contributed by atoms with Gasteiger partial charge in [0.2, 0.25) is 5.91 Å². The smallest absolute Gasteiger partial charge is 0.249 e.